The van der Waals surface area contributed by atoms with Crippen LogP contribution in [0.1, 0.15) is 10.4 Å². The topological polar surface area (TPSA) is 77.0 Å². The zero-order chi connectivity index (χ0) is 15.2. The van der Waals surface area contributed by atoms with E-state index in [2.05, 4.69) is 20.3 Å². The van der Waals surface area contributed by atoms with Crippen LogP contribution in [0.2, 0.25) is 0 Å². The van der Waals surface area contributed by atoms with Crippen molar-refractivity contribution in [2.75, 3.05) is 18.5 Å². The molecule has 1 N–H and O–H groups in total. The van der Waals surface area contributed by atoms with E-state index in [0.717, 1.165) is 10.9 Å². The molecule has 1 aromatic carbocycles. The van der Waals surface area contributed by atoms with Crippen molar-refractivity contribution in [3.8, 4) is 0 Å². The number of nitrogens with zero attached hydrogens (tertiary/aromatic N) is 3. The first kappa shape index (κ1) is 13.9. The van der Waals surface area contributed by atoms with Crippen molar-refractivity contribution in [1.29, 1.82) is 0 Å². The third kappa shape index (κ3) is 3.17. The van der Waals surface area contributed by atoms with Crippen molar-refractivity contribution in [2.24, 2.45) is 0 Å². The first-order valence-electron chi connectivity index (χ1n) is 6.86. The molecular weight excluding hydrogens is 280 g/mol. The Morgan fingerprint density at radius 1 is 1.00 bits per heavy atom. The van der Waals surface area contributed by atoms with Crippen LogP contribution in [0, 0.1) is 0 Å². The number of aromatic nitrogens is 3. The molecule has 2 heterocycles. The minimum absolute atomic E-state index is 0.230. The Balaban J connectivity index is 1.60. The molecule has 0 bridgehead atoms. The van der Waals surface area contributed by atoms with Gasteiger partial charge in [-0.15, -0.1) is 0 Å². The van der Waals surface area contributed by atoms with Gasteiger partial charge in [0.25, 0.3) is 0 Å². The molecule has 0 unspecified atom stereocenters. The number of hydrogen-bond acceptors (Lipinski definition) is 6. The minimum Gasteiger partial charge on any atom is -0.460 e. The summed E-state index contributed by atoms with van der Waals surface area (Å²) in [5.41, 5.74) is 1.29. The van der Waals surface area contributed by atoms with E-state index in [0.29, 0.717) is 18.1 Å². The fourth-order valence-electron chi connectivity index (χ4n) is 2.06. The van der Waals surface area contributed by atoms with Crippen LogP contribution in [0.5, 0.6) is 0 Å². The van der Waals surface area contributed by atoms with Gasteiger partial charge in [0, 0.05) is 24.0 Å². The first-order chi connectivity index (χ1) is 10.8. The molecule has 0 saturated carbocycles. The largest absolute Gasteiger partial charge is 0.460 e. The summed E-state index contributed by atoms with van der Waals surface area (Å²) >= 11 is 0. The maximum Gasteiger partial charge on any atom is 0.338 e. The molecule has 0 atom stereocenters. The summed E-state index contributed by atoms with van der Waals surface area (Å²) in [5, 5.41) is 3.76. The van der Waals surface area contributed by atoms with Crippen LogP contribution in [0.15, 0.2) is 55.0 Å². The van der Waals surface area contributed by atoms with E-state index in [4.69, 9.17) is 4.74 Å². The summed E-state index contributed by atoms with van der Waals surface area (Å²) in [6.07, 6.45) is 4.98. The van der Waals surface area contributed by atoms with Crippen molar-refractivity contribution in [3.63, 3.8) is 0 Å². The maximum atomic E-state index is 12.2. The molecule has 0 radical (unpaired) electrons. The molecule has 0 saturated heterocycles. The van der Waals surface area contributed by atoms with E-state index in [9.17, 15) is 4.79 Å². The predicted octanol–water partition coefficient (Wildman–Crippen LogP) is 2.29. The van der Waals surface area contributed by atoms with Gasteiger partial charge in [-0.2, -0.15) is 0 Å². The summed E-state index contributed by atoms with van der Waals surface area (Å²) < 4.78 is 5.27. The number of ether oxygens (including phenoxy) is 1. The molecule has 6 heteroatoms. The fourth-order valence-corrected chi connectivity index (χ4v) is 2.06. The van der Waals surface area contributed by atoms with Gasteiger partial charge >= 0.3 is 5.97 Å². The van der Waals surface area contributed by atoms with E-state index in [1.807, 2.05) is 12.1 Å². The zero-order valence-corrected chi connectivity index (χ0v) is 11.8. The molecule has 2 aromatic heterocycles. The number of fused-ring (bicyclic) bond motifs is 1. The van der Waals surface area contributed by atoms with Crippen molar-refractivity contribution in [3.05, 3.63) is 60.6 Å². The van der Waals surface area contributed by atoms with Crippen LogP contribution in [0.3, 0.4) is 0 Å². The molecule has 0 aliphatic rings. The van der Waals surface area contributed by atoms with Gasteiger partial charge in [-0.3, -0.25) is 4.98 Å². The van der Waals surface area contributed by atoms with Gasteiger partial charge < -0.3 is 10.1 Å². The van der Waals surface area contributed by atoms with Gasteiger partial charge in [-0.1, -0.05) is 12.1 Å². The summed E-state index contributed by atoms with van der Waals surface area (Å²) in [6, 6.07) is 10.8. The zero-order valence-electron chi connectivity index (χ0n) is 11.8. The second kappa shape index (κ2) is 6.62. The molecule has 0 fully saturated rings. The standard InChI is InChI=1S/C16H14N4O2/c21-15(22-11-10-20-16-18-8-3-9-19-16)13-4-1-6-14-12(13)5-2-7-17-14/h1-9H,10-11H2,(H,18,19,20). The SMILES string of the molecule is O=C(OCCNc1ncccn1)c1cccc2ncccc12. The number of carbonyl (C=O) groups excluding carboxylic acids is 1. The fraction of sp³-hybridized carbons (Fsp3) is 0.125. The van der Waals surface area contributed by atoms with Crippen LogP contribution in [-0.2, 0) is 4.74 Å². The van der Waals surface area contributed by atoms with E-state index in [1.54, 1.807) is 42.9 Å². The van der Waals surface area contributed by atoms with Crippen LogP contribution in [0.4, 0.5) is 5.95 Å². The lowest BCUT2D eigenvalue weighted by Gasteiger charge is -2.08. The first-order valence-corrected chi connectivity index (χ1v) is 6.86. The molecule has 0 aliphatic carbocycles. The molecule has 0 spiro atoms. The summed E-state index contributed by atoms with van der Waals surface area (Å²) in [4.78, 5) is 24.4. The Morgan fingerprint density at radius 3 is 2.68 bits per heavy atom. The molecule has 3 aromatic rings. The van der Waals surface area contributed by atoms with Crippen molar-refractivity contribution in [2.45, 2.75) is 0 Å². The Bertz CT molecular complexity index is 772. The summed E-state index contributed by atoms with van der Waals surface area (Å²) in [6.45, 7) is 0.673. The Labute approximate surface area is 127 Å². The number of carbonyl (C=O) groups is 1. The normalized spacial score (nSPS) is 10.4. The highest BCUT2D eigenvalue weighted by Crippen LogP contribution is 2.17. The van der Waals surface area contributed by atoms with Gasteiger partial charge in [0.05, 0.1) is 17.6 Å². The van der Waals surface area contributed by atoms with E-state index in [-0.39, 0.29) is 12.6 Å². The van der Waals surface area contributed by atoms with E-state index in [1.165, 1.54) is 0 Å². The number of pyridine rings is 1. The van der Waals surface area contributed by atoms with Crippen LogP contribution < -0.4 is 5.32 Å². The minimum atomic E-state index is -0.366. The highest BCUT2D eigenvalue weighted by Gasteiger charge is 2.11. The molecular formula is C16H14N4O2. The molecule has 6 nitrogen and oxygen atoms in total. The second-order valence-electron chi connectivity index (χ2n) is 4.51. The number of rotatable bonds is 5. The lowest BCUT2D eigenvalue weighted by molar-refractivity contribution is 0.0523. The van der Waals surface area contributed by atoms with Crippen LogP contribution >= 0.6 is 0 Å². The summed E-state index contributed by atoms with van der Waals surface area (Å²) in [5.74, 6) is 0.141. The van der Waals surface area contributed by atoms with Crippen LogP contribution in [-0.4, -0.2) is 34.1 Å². The van der Waals surface area contributed by atoms with E-state index >= 15 is 0 Å². The second-order valence-corrected chi connectivity index (χ2v) is 4.51. The van der Waals surface area contributed by atoms with Gasteiger partial charge in [-0.05, 0) is 24.3 Å². The van der Waals surface area contributed by atoms with Crippen molar-refractivity contribution < 1.29 is 9.53 Å². The maximum absolute atomic E-state index is 12.2. The van der Waals surface area contributed by atoms with Gasteiger partial charge in [0.2, 0.25) is 5.95 Å². The molecule has 0 aliphatic heterocycles. The number of nitrogens with one attached hydrogen (secondary N) is 1. The number of esters is 1. The monoisotopic (exact) mass is 294 g/mol. The Morgan fingerprint density at radius 2 is 1.82 bits per heavy atom. The van der Waals surface area contributed by atoms with E-state index < -0.39 is 0 Å². The van der Waals surface area contributed by atoms with Gasteiger partial charge in [0.1, 0.15) is 6.61 Å². The van der Waals surface area contributed by atoms with Crippen LogP contribution in [0.25, 0.3) is 10.9 Å². The van der Waals surface area contributed by atoms with Crippen molar-refractivity contribution >= 4 is 22.8 Å². The Kier molecular flexibility index (Phi) is 4.20. The number of anilines is 1. The quantitative estimate of drug-likeness (QED) is 0.574. The average molecular weight is 294 g/mol. The lowest BCUT2D eigenvalue weighted by Crippen LogP contribution is -2.15. The third-order valence-corrected chi connectivity index (χ3v) is 3.05. The third-order valence-electron chi connectivity index (χ3n) is 3.05. The van der Waals surface area contributed by atoms with Crippen molar-refractivity contribution in [1.82, 2.24) is 15.0 Å². The highest BCUT2D eigenvalue weighted by atomic mass is 16.5. The Hall–Kier alpha value is -3.02. The average Bonchev–Trinajstić information content (AvgIpc) is 2.59. The highest BCUT2D eigenvalue weighted by molar-refractivity contribution is 6.03. The molecule has 110 valence electrons. The predicted molar refractivity (Wildman–Crippen MR) is 82.5 cm³/mol. The van der Waals surface area contributed by atoms with Gasteiger partial charge in [0.15, 0.2) is 0 Å². The number of benzene rings is 1. The summed E-state index contributed by atoms with van der Waals surface area (Å²) in [7, 11) is 0. The molecule has 22 heavy (non-hydrogen) atoms. The number of hydrogen-bond donors (Lipinski definition) is 1. The van der Waals surface area contributed by atoms with Gasteiger partial charge in [-0.25, -0.2) is 14.8 Å². The molecule has 0 amide bonds. The smallest absolute Gasteiger partial charge is 0.338 e. The molecule has 3 rings (SSSR count). The lowest BCUT2D eigenvalue weighted by atomic mass is 10.1.